The summed E-state index contributed by atoms with van der Waals surface area (Å²) in [5.41, 5.74) is 12.7. The third kappa shape index (κ3) is 3.93. The molecule has 6 aromatic rings. The molecular formula is C42H33NO3. The van der Waals surface area contributed by atoms with Gasteiger partial charge in [-0.3, -0.25) is 9.59 Å². The number of rotatable bonds is 5. The molecule has 8 rings (SSSR count). The van der Waals surface area contributed by atoms with Crippen LogP contribution in [0.1, 0.15) is 61.1 Å². The van der Waals surface area contributed by atoms with Crippen LogP contribution in [0.3, 0.4) is 0 Å². The largest absolute Gasteiger partial charge is 0.504 e. The van der Waals surface area contributed by atoms with Crippen LogP contribution in [0.4, 0.5) is 17.1 Å². The molecule has 0 bridgehead atoms. The minimum Gasteiger partial charge on any atom is -0.504 e. The molecule has 224 valence electrons. The van der Waals surface area contributed by atoms with E-state index in [0.29, 0.717) is 0 Å². The van der Waals surface area contributed by atoms with E-state index in [1.54, 1.807) is 6.08 Å². The van der Waals surface area contributed by atoms with Crippen molar-refractivity contribution in [3.05, 3.63) is 163 Å². The van der Waals surface area contributed by atoms with Crippen LogP contribution in [0.15, 0.2) is 119 Å². The summed E-state index contributed by atoms with van der Waals surface area (Å²) in [7, 11) is 0. The summed E-state index contributed by atoms with van der Waals surface area (Å²) in [4.78, 5) is 25.6. The average molecular weight is 600 g/mol. The van der Waals surface area contributed by atoms with Gasteiger partial charge in [-0.05, 0) is 92.5 Å². The highest BCUT2D eigenvalue weighted by Gasteiger charge is 2.37. The molecule has 0 amide bonds. The van der Waals surface area contributed by atoms with Crippen molar-refractivity contribution in [3.63, 3.8) is 0 Å². The minimum atomic E-state index is -0.827. The Bertz CT molecular complexity index is 2210. The first-order valence-corrected chi connectivity index (χ1v) is 15.7. The van der Waals surface area contributed by atoms with Crippen LogP contribution in [-0.2, 0) is 10.8 Å². The number of nitrogens with zero attached hydrogens (tertiary/aromatic N) is 1. The van der Waals surface area contributed by atoms with Crippen molar-refractivity contribution in [2.75, 3.05) is 4.90 Å². The Balaban J connectivity index is 1.25. The quantitative estimate of drug-likeness (QED) is 0.201. The van der Waals surface area contributed by atoms with E-state index in [9.17, 15) is 14.7 Å². The van der Waals surface area contributed by atoms with Crippen LogP contribution in [0.25, 0.3) is 34.4 Å². The zero-order valence-electron chi connectivity index (χ0n) is 26.3. The summed E-state index contributed by atoms with van der Waals surface area (Å²) in [6.45, 7) is 9.21. The highest BCUT2D eigenvalue weighted by molar-refractivity contribution is 5.88. The van der Waals surface area contributed by atoms with Gasteiger partial charge in [0.1, 0.15) is 0 Å². The number of aromatic hydroxyl groups is 1. The second kappa shape index (κ2) is 9.76. The molecular weight excluding hydrogens is 566 g/mol. The third-order valence-corrected chi connectivity index (χ3v) is 10.2. The van der Waals surface area contributed by atoms with Crippen molar-refractivity contribution < 1.29 is 5.11 Å². The van der Waals surface area contributed by atoms with Crippen molar-refractivity contribution in [2.24, 2.45) is 0 Å². The van der Waals surface area contributed by atoms with Gasteiger partial charge >= 0.3 is 0 Å². The molecule has 1 N–H and O–H groups in total. The number of fused-ring (bicyclic) bond motifs is 6. The fraction of sp³-hybridized carbons (Fsp3) is 0.143. The second-order valence-corrected chi connectivity index (χ2v) is 13.5. The van der Waals surface area contributed by atoms with Gasteiger partial charge in [0, 0.05) is 27.9 Å². The topological polar surface area (TPSA) is 57.6 Å². The van der Waals surface area contributed by atoms with Crippen LogP contribution in [0.2, 0.25) is 0 Å². The van der Waals surface area contributed by atoms with Crippen LogP contribution in [-0.4, -0.2) is 5.11 Å². The molecule has 0 spiro atoms. The van der Waals surface area contributed by atoms with E-state index in [0.717, 1.165) is 22.6 Å². The molecule has 0 aliphatic heterocycles. The predicted octanol–water partition coefficient (Wildman–Crippen LogP) is 9.24. The monoisotopic (exact) mass is 599 g/mol. The Morgan fingerprint density at radius 2 is 0.978 bits per heavy atom. The summed E-state index contributed by atoms with van der Waals surface area (Å²) in [6, 6.07) is 39.1. The number of hydrogen-bond donors (Lipinski definition) is 1. The lowest BCUT2D eigenvalue weighted by Crippen LogP contribution is -2.32. The van der Waals surface area contributed by atoms with Crippen LogP contribution >= 0.6 is 0 Å². The first-order valence-electron chi connectivity index (χ1n) is 15.7. The Morgan fingerprint density at radius 3 is 1.48 bits per heavy atom. The van der Waals surface area contributed by atoms with Gasteiger partial charge in [0.2, 0.25) is 5.43 Å². The predicted molar refractivity (Wildman–Crippen MR) is 188 cm³/mol. The molecule has 0 unspecified atom stereocenters. The zero-order chi connectivity index (χ0) is 32.0. The van der Waals surface area contributed by atoms with Gasteiger partial charge in [-0.25, -0.2) is 0 Å². The fourth-order valence-corrected chi connectivity index (χ4v) is 7.58. The highest BCUT2D eigenvalue weighted by atomic mass is 16.3. The Kier molecular flexibility index (Phi) is 5.95. The maximum absolute atomic E-state index is 11.8. The summed E-state index contributed by atoms with van der Waals surface area (Å²) >= 11 is 0. The van der Waals surface area contributed by atoms with Crippen molar-refractivity contribution in [2.45, 2.75) is 38.5 Å². The average Bonchev–Trinajstić information content (AvgIpc) is 3.45. The molecule has 0 atom stereocenters. The lowest BCUT2D eigenvalue weighted by Gasteiger charge is -2.29. The molecule has 2 aliphatic carbocycles. The van der Waals surface area contributed by atoms with E-state index in [1.165, 1.54) is 50.6 Å². The SMILES string of the molecule is CC1(C)c2ccccc2-c2ccc(N(c3ccc(C=Cc4c(O)c(=O)c4=O)cc3)c3ccc4c(c3)C(C)(C)c3ccccc3-4)cc21. The molecule has 46 heavy (non-hydrogen) atoms. The van der Waals surface area contributed by atoms with Crippen LogP contribution < -0.4 is 15.8 Å². The molecule has 0 saturated carbocycles. The number of hydrogen-bond acceptors (Lipinski definition) is 4. The molecule has 4 heteroatoms. The van der Waals surface area contributed by atoms with E-state index in [-0.39, 0.29) is 16.4 Å². The molecule has 0 saturated heterocycles. The molecule has 0 aromatic heterocycles. The van der Waals surface area contributed by atoms with Gasteiger partial charge in [-0.1, -0.05) is 107 Å². The van der Waals surface area contributed by atoms with Crippen molar-refractivity contribution in [1.29, 1.82) is 0 Å². The maximum Gasteiger partial charge on any atom is 0.268 e. The maximum atomic E-state index is 11.8. The van der Waals surface area contributed by atoms with Gasteiger partial charge in [0.15, 0.2) is 5.75 Å². The van der Waals surface area contributed by atoms with Gasteiger partial charge in [-0.2, -0.15) is 0 Å². The summed E-state index contributed by atoms with van der Waals surface area (Å²) in [5.74, 6) is -0.465. The lowest BCUT2D eigenvalue weighted by molar-refractivity contribution is 0.461. The smallest absolute Gasteiger partial charge is 0.268 e. The van der Waals surface area contributed by atoms with Crippen molar-refractivity contribution >= 4 is 29.2 Å². The summed E-state index contributed by atoms with van der Waals surface area (Å²) in [6.07, 6.45) is 3.25. The highest BCUT2D eigenvalue weighted by Crippen LogP contribution is 2.53. The van der Waals surface area contributed by atoms with Gasteiger partial charge in [0.25, 0.3) is 5.43 Å². The number of benzene rings is 5. The standard InChI is InChI=1S/C42H33NO3/c1-41(2)34-11-7-5-9-29(34)31-21-18-27(23-36(31)41)43(26-16-13-25(14-17-26)15-20-33-38(44)40(46)39(33)45)28-19-22-32-30-10-6-8-12-35(30)42(3,4)37(32)24-28/h5-24,44H,1-4H3. The van der Waals surface area contributed by atoms with Crippen LogP contribution in [0, 0.1) is 0 Å². The summed E-state index contributed by atoms with van der Waals surface area (Å²) < 4.78 is 0. The molecule has 0 radical (unpaired) electrons. The molecule has 4 nitrogen and oxygen atoms in total. The molecule has 0 fully saturated rings. The zero-order valence-corrected chi connectivity index (χ0v) is 26.3. The molecule has 0 heterocycles. The van der Waals surface area contributed by atoms with Crippen molar-refractivity contribution in [1.82, 2.24) is 0 Å². The van der Waals surface area contributed by atoms with E-state index in [2.05, 4.69) is 130 Å². The second-order valence-electron chi connectivity index (χ2n) is 13.5. The van der Waals surface area contributed by atoms with Gasteiger partial charge in [0.05, 0.1) is 5.56 Å². The lowest BCUT2D eigenvalue weighted by atomic mass is 9.82. The minimum absolute atomic E-state index is 0.0548. The van der Waals surface area contributed by atoms with Crippen LogP contribution in [0.5, 0.6) is 5.75 Å². The Morgan fingerprint density at radius 1 is 0.522 bits per heavy atom. The van der Waals surface area contributed by atoms with E-state index in [4.69, 9.17) is 0 Å². The first kappa shape index (κ1) is 28.0. The van der Waals surface area contributed by atoms with Crippen molar-refractivity contribution in [3.8, 4) is 28.0 Å². The number of anilines is 3. The van der Waals surface area contributed by atoms with Gasteiger partial charge in [-0.15, -0.1) is 0 Å². The van der Waals surface area contributed by atoms with E-state index >= 15 is 0 Å². The third-order valence-electron chi connectivity index (χ3n) is 10.2. The first-order chi connectivity index (χ1) is 22.1. The van der Waals surface area contributed by atoms with E-state index < -0.39 is 16.6 Å². The normalized spacial score (nSPS) is 15.0. The molecule has 2 aliphatic rings. The Labute approximate surface area is 268 Å². The molecule has 6 aromatic carbocycles. The fourth-order valence-electron chi connectivity index (χ4n) is 7.58. The summed E-state index contributed by atoms with van der Waals surface area (Å²) in [5, 5.41) is 9.77. The Hall–Kier alpha value is -5.48. The van der Waals surface area contributed by atoms with Gasteiger partial charge < -0.3 is 10.0 Å². The van der Waals surface area contributed by atoms with E-state index in [1.807, 2.05) is 12.1 Å².